The fraction of sp³-hybridized carbons (Fsp3) is 1.00. The summed E-state index contributed by atoms with van der Waals surface area (Å²) < 4.78 is 5.68. The Morgan fingerprint density at radius 2 is 1.07 bits per heavy atom. The van der Waals surface area contributed by atoms with E-state index in [9.17, 15) is 0 Å². The lowest BCUT2D eigenvalue weighted by molar-refractivity contribution is 0.214. The highest BCUT2D eigenvalue weighted by atomic mass is 28.4. The van der Waals surface area contributed by atoms with E-state index in [2.05, 4.69) is 50.0 Å². The van der Waals surface area contributed by atoms with Crippen molar-refractivity contribution in [3.05, 3.63) is 0 Å². The molecule has 0 saturated carbocycles. The fourth-order valence-electron chi connectivity index (χ4n) is 1.58. The van der Waals surface area contributed by atoms with E-state index in [1.54, 1.807) is 0 Å². The molecule has 1 rings (SSSR count). The van der Waals surface area contributed by atoms with Gasteiger partial charge < -0.3 is 8.46 Å². The molecule has 84 valence electrons. The molecular formula is C10H26N2Si2. The van der Waals surface area contributed by atoms with E-state index < -0.39 is 0 Å². The van der Waals surface area contributed by atoms with Crippen molar-refractivity contribution < 1.29 is 0 Å². The van der Waals surface area contributed by atoms with Crippen LogP contribution in [0, 0.1) is 0 Å². The van der Waals surface area contributed by atoms with Gasteiger partial charge in [-0.1, -0.05) is 13.8 Å². The van der Waals surface area contributed by atoms with E-state index in [1.807, 2.05) is 0 Å². The first-order valence-corrected chi connectivity index (χ1v) is 8.36. The van der Waals surface area contributed by atoms with Gasteiger partial charge in [-0.2, -0.15) is 0 Å². The van der Waals surface area contributed by atoms with E-state index in [4.69, 9.17) is 0 Å². The monoisotopic (exact) mass is 230 g/mol. The minimum Gasteiger partial charge on any atom is -0.327 e. The van der Waals surface area contributed by atoms with E-state index in [0.29, 0.717) is 11.1 Å². The first-order chi connectivity index (χ1) is 6.33. The Morgan fingerprint density at radius 3 is 1.29 bits per heavy atom. The molecule has 1 saturated heterocycles. The first-order valence-electron chi connectivity index (χ1n) is 5.83. The zero-order valence-electron chi connectivity index (χ0n) is 10.7. The summed E-state index contributed by atoms with van der Waals surface area (Å²) in [6.45, 7) is 14.3. The summed E-state index contributed by atoms with van der Waals surface area (Å²) in [6.07, 6.45) is 2.60. The topological polar surface area (TPSA) is 6.48 Å². The van der Waals surface area contributed by atoms with Crippen molar-refractivity contribution in [2.75, 3.05) is 0 Å². The van der Waals surface area contributed by atoms with E-state index in [1.165, 1.54) is 12.8 Å². The van der Waals surface area contributed by atoms with Gasteiger partial charge in [-0.3, -0.25) is 0 Å². The molecular weight excluding hydrogens is 204 g/mol. The second-order valence-corrected chi connectivity index (χ2v) is 11.1. The molecule has 0 spiro atoms. The third-order valence-electron chi connectivity index (χ3n) is 4.13. The molecule has 0 aromatic heterocycles. The quantitative estimate of drug-likeness (QED) is 0.665. The summed E-state index contributed by atoms with van der Waals surface area (Å²) in [7, 11) is -0.138. The highest BCUT2D eigenvalue weighted by Crippen LogP contribution is 2.28. The molecule has 2 nitrogen and oxygen atoms in total. The Morgan fingerprint density at radius 1 is 0.786 bits per heavy atom. The van der Waals surface area contributed by atoms with Crippen molar-refractivity contribution in [3.63, 3.8) is 0 Å². The molecule has 14 heavy (non-hydrogen) atoms. The highest BCUT2D eigenvalue weighted by molar-refractivity contribution is 6.65. The lowest BCUT2D eigenvalue weighted by atomic mass is 10.0. The van der Waals surface area contributed by atoms with Crippen molar-refractivity contribution in [1.29, 1.82) is 0 Å². The van der Waals surface area contributed by atoms with Crippen molar-refractivity contribution in [3.8, 4) is 0 Å². The molecule has 0 aliphatic carbocycles. The molecule has 0 aromatic carbocycles. The van der Waals surface area contributed by atoms with Gasteiger partial charge in [0, 0.05) is 11.1 Å². The summed E-state index contributed by atoms with van der Waals surface area (Å²) in [5.41, 5.74) is 0.998. The van der Waals surface area contributed by atoms with Gasteiger partial charge in [0.25, 0.3) is 0 Å². The molecule has 0 aromatic rings. The maximum Gasteiger partial charge on any atom is 0.161 e. The van der Waals surface area contributed by atoms with Crippen molar-refractivity contribution >= 4 is 19.7 Å². The average Bonchev–Trinajstić information content (AvgIpc) is 2.00. The summed E-state index contributed by atoms with van der Waals surface area (Å²) in [6, 6.07) is 0. The first kappa shape index (κ1) is 12.4. The molecule has 0 unspecified atom stereocenters. The average molecular weight is 231 g/mol. The van der Waals surface area contributed by atoms with Gasteiger partial charge in [0.15, 0.2) is 19.7 Å². The third kappa shape index (κ3) is 2.29. The zero-order chi connectivity index (χ0) is 11.0. The molecule has 1 fully saturated rings. The second-order valence-electron chi connectivity index (χ2n) is 5.69. The van der Waals surface area contributed by atoms with Gasteiger partial charge in [0.1, 0.15) is 0 Å². The Kier molecular flexibility index (Phi) is 3.62. The number of hydrogen-bond donors (Lipinski definition) is 0. The Labute approximate surface area is 94.0 Å². The van der Waals surface area contributed by atoms with Crippen LogP contribution in [0.5, 0.6) is 0 Å². The Balaban J connectivity index is 2.44. The van der Waals surface area contributed by atoms with Crippen LogP contribution in [0.2, 0.25) is 0 Å². The van der Waals surface area contributed by atoms with Gasteiger partial charge in [-0.25, -0.2) is 0 Å². The van der Waals surface area contributed by atoms with Crippen LogP contribution in [0.25, 0.3) is 0 Å². The second kappa shape index (κ2) is 4.08. The van der Waals surface area contributed by atoms with Crippen molar-refractivity contribution in [2.45, 2.75) is 65.5 Å². The fourth-order valence-corrected chi connectivity index (χ4v) is 6.55. The van der Waals surface area contributed by atoms with Crippen molar-refractivity contribution in [2.24, 2.45) is 0 Å². The number of rotatable bonds is 4. The molecule has 4 heteroatoms. The molecule has 1 aliphatic heterocycles. The molecule has 1 aliphatic rings. The highest BCUT2D eigenvalue weighted by Gasteiger charge is 2.40. The van der Waals surface area contributed by atoms with Crippen LogP contribution in [0.3, 0.4) is 0 Å². The maximum atomic E-state index is 2.84. The summed E-state index contributed by atoms with van der Waals surface area (Å²) in [5, 5.41) is 0. The Hall–Kier alpha value is 0.354. The summed E-state index contributed by atoms with van der Waals surface area (Å²) in [5.74, 6) is 0. The smallest absolute Gasteiger partial charge is 0.161 e. The normalized spacial score (nSPS) is 24.4. The lowest BCUT2D eigenvalue weighted by Gasteiger charge is -2.56. The van der Waals surface area contributed by atoms with E-state index in [-0.39, 0.29) is 19.7 Å². The van der Waals surface area contributed by atoms with Crippen LogP contribution in [0.4, 0.5) is 0 Å². The van der Waals surface area contributed by atoms with Gasteiger partial charge in [-0.05, 0) is 40.5 Å². The van der Waals surface area contributed by atoms with Crippen LogP contribution in [0.15, 0.2) is 0 Å². The van der Waals surface area contributed by atoms with Crippen LogP contribution in [-0.4, -0.2) is 39.2 Å². The van der Waals surface area contributed by atoms with Gasteiger partial charge >= 0.3 is 0 Å². The van der Waals surface area contributed by atoms with Crippen LogP contribution in [0.1, 0.15) is 54.4 Å². The molecule has 1 heterocycles. The minimum absolute atomic E-state index is 0.0690. The van der Waals surface area contributed by atoms with Crippen molar-refractivity contribution in [1.82, 2.24) is 8.46 Å². The lowest BCUT2D eigenvalue weighted by Crippen LogP contribution is -2.72. The van der Waals surface area contributed by atoms with E-state index >= 15 is 0 Å². The van der Waals surface area contributed by atoms with Crippen LogP contribution in [-0.2, 0) is 0 Å². The number of nitrogens with zero attached hydrogens (tertiary/aromatic N) is 2. The number of hydrogen-bond acceptors (Lipinski definition) is 2. The standard InChI is InChI=1S/C10H26N2Si2/c1-7-9(3,4)11-13-12(14-11)10(5,6)8-2/h7-8,13-14H2,1-6H3. The predicted octanol–water partition coefficient (Wildman–Crippen LogP) is 0.979. The molecule has 0 amide bonds. The molecule has 0 radical (unpaired) electrons. The zero-order valence-corrected chi connectivity index (χ0v) is 13.6. The van der Waals surface area contributed by atoms with Crippen LogP contribution >= 0.6 is 0 Å². The van der Waals surface area contributed by atoms with Gasteiger partial charge in [-0.15, -0.1) is 0 Å². The molecule has 0 atom stereocenters. The SMILES string of the molecule is CCC(C)(C)N1[SiH2]N(C(C)(C)CC)[SiH2]1. The summed E-state index contributed by atoms with van der Waals surface area (Å²) >= 11 is 0. The Bertz CT molecular complexity index is 178. The van der Waals surface area contributed by atoms with E-state index in [0.717, 1.165) is 0 Å². The summed E-state index contributed by atoms with van der Waals surface area (Å²) in [4.78, 5) is 0. The van der Waals surface area contributed by atoms with Gasteiger partial charge in [0.2, 0.25) is 0 Å². The largest absolute Gasteiger partial charge is 0.327 e. The predicted molar refractivity (Wildman–Crippen MR) is 69.5 cm³/mol. The third-order valence-corrected chi connectivity index (χ3v) is 11.3. The van der Waals surface area contributed by atoms with Crippen LogP contribution < -0.4 is 0 Å². The molecule has 0 bridgehead atoms. The minimum atomic E-state index is -0.0690. The molecule has 0 N–H and O–H groups in total. The van der Waals surface area contributed by atoms with Gasteiger partial charge in [0.05, 0.1) is 0 Å². The maximum absolute atomic E-state index is 2.84.